The molecule has 1 aromatic heterocycles. The number of amides is 1. The molecule has 0 N–H and O–H groups in total. The van der Waals surface area contributed by atoms with Crippen molar-refractivity contribution >= 4 is 16.9 Å². The first-order chi connectivity index (χ1) is 11.0. The molecule has 3 aliphatic heterocycles. The Hall–Kier alpha value is -1.81. The first-order valence-electron chi connectivity index (χ1n) is 8.52. The van der Waals surface area contributed by atoms with E-state index in [2.05, 4.69) is 29.8 Å². The summed E-state index contributed by atoms with van der Waals surface area (Å²) in [6.07, 6.45) is 2.34. The molecular formula is C19H24N2O2. The fraction of sp³-hybridized carbons (Fsp3) is 0.526. The van der Waals surface area contributed by atoms with Crippen molar-refractivity contribution in [2.45, 2.75) is 32.7 Å². The Kier molecular flexibility index (Phi) is 3.45. The second-order valence-electron chi connectivity index (χ2n) is 7.33. The molecule has 2 bridgehead atoms. The quantitative estimate of drug-likeness (QED) is 0.811. The number of carbonyl (C=O) groups is 1. The predicted molar refractivity (Wildman–Crippen MR) is 90.7 cm³/mol. The molecule has 3 fully saturated rings. The van der Waals surface area contributed by atoms with Crippen LogP contribution in [-0.2, 0) is 0 Å². The molecule has 5 rings (SSSR count). The Morgan fingerprint density at radius 1 is 1.17 bits per heavy atom. The lowest BCUT2D eigenvalue weighted by molar-refractivity contribution is 0.0556. The maximum atomic E-state index is 13.1. The van der Waals surface area contributed by atoms with Gasteiger partial charge in [0, 0.05) is 36.6 Å². The summed E-state index contributed by atoms with van der Waals surface area (Å²) >= 11 is 0. The summed E-state index contributed by atoms with van der Waals surface area (Å²) in [5, 5.41) is 1.06. The Labute approximate surface area is 137 Å². The van der Waals surface area contributed by atoms with Gasteiger partial charge in [0.2, 0.25) is 0 Å². The van der Waals surface area contributed by atoms with Crippen molar-refractivity contribution in [1.29, 1.82) is 0 Å². The average Bonchev–Trinajstić information content (AvgIpc) is 2.67. The largest absolute Gasteiger partial charge is 0.451 e. The molecule has 3 aliphatic rings. The highest BCUT2D eigenvalue weighted by molar-refractivity contribution is 5.99. The summed E-state index contributed by atoms with van der Waals surface area (Å²) in [7, 11) is 2.16. The molecule has 1 amide bonds. The van der Waals surface area contributed by atoms with Crippen LogP contribution in [0.25, 0.3) is 11.0 Å². The van der Waals surface area contributed by atoms with Crippen LogP contribution in [0.2, 0.25) is 0 Å². The molecule has 0 aliphatic carbocycles. The Morgan fingerprint density at radius 3 is 2.83 bits per heavy atom. The lowest BCUT2D eigenvalue weighted by Crippen LogP contribution is -2.47. The lowest BCUT2D eigenvalue weighted by Gasteiger charge is -2.35. The van der Waals surface area contributed by atoms with Crippen LogP contribution in [0.3, 0.4) is 0 Å². The Bertz CT molecular complexity index is 764. The number of fused-ring (bicyclic) bond motifs is 5. The van der Waals surface area contributed by atoms with Crippen molar-refractivity contribution in [2.24, 2.45) is 5.92 Å². The molecule has 2 atom stereocenters. The monoisotopic (exact) mass is 312 g/mol. The minimum Gasteiger partial charge on any atom is -0.451 e. The van der Waals surface area contributed by atoms with Crippen molar-refractivity contribution in [1.82, 2.24) is 9.80 Å². The number of carbonyl (C=O) groups excluding carboxylic acids is 1. The van der Waals surface area contributed by atoms with E-state index in [9.17, 15) is 4.79 Å². The van der Waals surface area contributed by atoms with Gasteiger partial charge >= 0.3 is 0 Å². The van der Waals surface area contributed by atoms with Gasteiger partial charge in [0.1, 0.15) is 5.58 Å². The summed E-state index contributed by atoms with van der Waals surface area (Å²) in [5.74, 6) is 1.19. The van der Waals surface area contributed by atoms with Crippen molar-refractivity contribution in [2.75, 3.05) is 26.7 Å². The number of likely N-dealkylation sites (N-methyl/N-ethyl adjacent to an activating group) is 1. The maximum Gasteiger partial charge on any atom is 0.290 e. The number of aryl methyl sites for hydroxylation is 2. The molecule has 3 saturated heterocycles. The van der Waals surface area contributed by atoms with Crippen molar-refractivity contribution in [3.8, 4) is 0 Å². The number of benzene rings is 1. The molecule has 122 valence electrons. The third-order valence-corrected chi connectivity index (χ3v) is 5.44. The van der Waals surface area contributed by atoms with E-state index in [0.717, 1.165) is 42.6 Å². The highest BCUT2D eigenvalue weighted by Gasteiger charge is 2.38. The average molecular weight is 312 g/mol. The highest BCUT2D eigenvalue weighted by atomic mass is 16.3. The molecule has 2 aromatic rings. The molecule has 0 radical (unpaired) electrons. The SMILES string of the molecule is Cc1ccc2oc(C(=O)N3C[C@H]4CC[C@@H]3CN(C)C4)c(C)c2c1. The summed E-state index contributed by atoms with van der Waals surface area (Å²) in [5.41, 5.74) is 2.98. The zero-order valence-electron chi connectivity index (χ0n) is 14.1. The van der Waals surface area contributed by atoms with E-state index in [0.29, 0.717) is 17.7 Å². The van der Waals surface area contributed by atoms with E-state index < -0.39 is 0 Å². The van der Waals surface area contributed by atoms with Crippen LogP contribution in [0, 0.1) is 19.8 Å². The molecule has 4 nitrogen and oxygen atoms in total. The van der Waals surface area contributed by atoms with Gasteiger partial charge in [0.15, 0.2) is 5.76 Å². The number of nitrogens with zero attached hydrogens (tertiary/aromatic N) is 2. The van der Waals surface area contributed by atoms with Gasteiger partial charge in [-0.1, -0.05) is 11.6 Å². The van der Waals surface area contributed by atoms with Gasteiger partial charge in [0.05, 0.1) is 0 Å². The van der Waals surface area contributed by atoms with E-state index in [1.165, 1.54) is 12.0 Å². The molecular weight excluding hydrogens is 288 g/mol. The second kappa shape index (κ2) is 5.38. The predicted octanol–water partition coefficient (Wildman–Crippen LogP) is 3.22. The summed E-state index contributed by atoms with van der Waals surface area (Å²) in [6, 6.07) is 6.42. The van der Waals surface area contributed by atoms with Gasteiger partial charge in [-0.05, 0) is 51.8 Å². The fourth-order valence-corrected chi connectivity index (χ4v) is 4.23. The minimum atomic E-state index is 0.0707. The van der Waals surface area contributed by atoms with E-state index >= 15 is 0 Å². The zero-order valence-corrected chi connectivity index (χ0v) is 14.1. The van der Waals surface area contributed by atoms with Gasteiger partial charge < -0.3 is 14.2 Å². The van der Waals surface area contributed by atoms with E-state index in [4.69, 9.17) is 4.42 Å². The third kappa shape index (κ3) is 2.45. The minimum absolute atomic E-state index is 0.0707. The first-order valence-corrected chi connectivity index (χ1v) is 8.52. The van der Waals surface area contributed by atoms with E-state index in [1.807, 2.05) is 19.1 Å². The zero-order chi connectivity index (χ0) is 16.1. The fourth-order valence-electron chi connectivity index (χ4n) is 4.23. The standard InChI is InChI=1S/C19H24N2O2/c1-12-4-7-17-16(8-12)13(2)18(23-17)19(22)21-10-14-5-6-15(21)11-20(3)9-14/h4,7-8,14-15H,5-6,9-11H2,1-3H3/t14-,15+/m0/s1. The molecule has 0 spiro atoms. The third-order valence-electron chi connectivity index (χ3n) is 5.44. The molecule has 4 heteroatoms. The molecule has 0 unspecified atom stereocenters. The lowest BCUT2D eigenvalue weighted by atomic mass is 9.94. The van der Waals surface area contributed by atoms with Crippen LogP contribution < -0.4 is 0 Å². The highest BCUT2D eigenvalue weighted by Crippen LogP contribution is 2.32. The second-order valence-corrected chi connectivity index (χ2v) is 7.33. The number of piperidine rings is 1. The molecule has 0 saturated carbocycles. The molecule has 23 heavy (non-hydrogen) atoms. The van der Waals surface area contributed by atoms with Gasteiger partial charge in [-0.25, -0.2) is 0 Å². The van der Waals surface area contributed by atoms with Crippen LogP contribution in [0.15, 0.2) is 22.6 Å². The Morgan fingerprint density at radius 2 is 2.00 bits per heavy atom. The summed E-state index contributed by atoms with van der Waals surface area (Å²) in [4.78, 5) is 17.6. The van der Waals surface area contributed by atoms with Crippen molar-refractivity contribution in [3.63, 3.8) is 0 Å². The topological polar surface area (TPSA) is 36.7 Å². The Balaban J connectivity index is 1.70. The van der Waals surface area contributed by atoms with Gasteiger partial charge in [-0.15, -0.1) is 0 Å². The van der Waals surface area contributed by atoms with Crippen molar-refractivity contribution < 1.29 is 9.21 Å². The number of furan rings is 1. The van der Waals surface area contributed by atoms with E-state index in [1.54, 1.807) is 0 Å². The van der Waals surface area contributed by atoms with Crippen LogP contribution in [0.5, 0.6) is 0 Å². The van der Waals surface area contributed by atoms with Crippen molar-refractivity contribution in [3.05, 3.63) is 35.1 Å². The van der Waals surface area contributed by atoms with Gasteiger partial charge in [-0.2, -0.15) is 0 Å². The van der Waals surface area contributed by atoms with Crippen LogP contribution in [-0.4, -0.2) is 48.4 Å². The summed E-state index contributed by atoms with van der Waals surface area (Å²) in [6.45, 7) is 7.00. The summed E-state index contributed by atoms with van der Waals surface area (Å²) < 4.78 is 5.94. The number of hydrogen-bond acceptors (Lipinski definition) is 3. The van der Waals surface area contributed by atoms with E-state index in [-0.39, 0.29) is 5.91 Å². The molecule has 4 heterocycles. The number of rotatable bonds is 1. The van der Waals surface area contributed by atoms with Crippen LogP contribution >= 0.6 is 0 Å². The maximum absolute atomic E-state index is 13.1. The van der Waals surface area contributed by atoms with Crippen LogP contribution in [0.1, 0.15) is 34.5 Å². The smallest absolute Gasteiger partial charge is 0.290 e. The first kappa shape index (κ1) is 14.8. The number of hydrogen-bond donors (Lipinski definition) is 0. The van der Waals surface area contributed by atoms with Gasteiger partial charge in [-0.3, -0.25) is 4.79 Å². The molecule has 1 aromatic carbocycles. The normalized spacial score (nSPS) is 25.1. The van der Waals surface area contributed by atoms with Gasteiger partial charge in [0.25, 0.3) is 5.91 Å². The van der Waals surface area contributed by atoms with Crippen LogP contribution in [0.4, 0.5) is 0 Å².